The number of hydrogen-bond donors (Lipinski definition) is 8. The van der Waals surface area contributed by atoms with Gasteiger partial charge in [0.15, 0.2) is 6.29 Å². The summed E-state index contributed by atoms with van der Waals surface area (Å²) in [6, 6.07) is 0. The highest BCUT2D eigenvalue weighted by Gasteiger charge is 2.47. The highest BCUT2D eigenvalue weighted by atomic mass is 16.7. The average molecular weight is 325 g/mol. The van der Waals surface area contributed by atoms with Crippen molar-refractivity contribution in [3.63, 3.8) is 0 Å². The van der Waals surface area contributed by atoms with Crippen molar-refractivity contribution in [2.24, 2.45) is 5.92 Å². The van der Waals surface area contributed by atoms with E-state index in [1.54, 1.807) is 0 Å². The van der Waals surface area contributed by atoms with Crippen LogP contribution in [0.25, 0.3) is 0 Å². The summed E-state index contributed by atoms with van der Waals surface area (Å²) in [4.78, 5) is 0. The van der Waals surface area contributed by atoms with Gasteiger partial charge in [0, 0.05) is 19.1 Å². The zero-order valence-corrected chi connectivity index (χ0v) is 11.8. The van der Waals surface area contributed by atoms with Crippen molar-refractivity contribution < 1.29 is 45.2 Å². The van der Waals surface area contributed by atoms with Gasteiger partial charge in [-0.05, 0) is 0 Å². The van der Waals surface area contributed by atoms with E-state index in [-0.39, 0.29) is 13.2 Å². The van der Waals surface area contributed by atoms with Crippen LogP contribution >= 0.6 is 0 Å². The van der Waals surface area contributed by atoms with Crippen LogP contribution in [-0.2, 0) is 9.47 Å². The minimum atomic E-state index is -1.63. The quantitative estimate of drug-likeness (QED) is 0.250. The number of ether oxygens (including phenoxy) is 2. The zero-order valence-electron chi connectivity index (χ0n) is 11.8. The Morgan fingerprint density at radius 3 is 2.18 bits per heavy atom. The Morgan fingerprint density at radius 2 is 1.59 bits per heavy atom. The first-order chi connectivity index (χ1) is 10.4. The lowest BCUT2D eigenvalue weighted by Crippen LogP contribution is -2.64. The summed E-state index contributed by atoms with van der Waals surface area (Å²) in [6.07, 6.45) is -11.1. The van der Waals surface area contributed by atoms with Crippen molar-refractivity contribution in [1.29, 1.82) is 0 Å². The molecular formula is C12H23NO9. The number of piperidine rings is 1. The van der Waals surface area contributed by atoms with Crippen LogP contribution in [0.3, 0.4) is 0 Å². The molecule has 0 aromatic rings. The molecule has 2 rings (SSSR count). The first kappa shape index (κ1) is 17.9. The second-order valence-corrected chi connectivity index (χ2v) is 5.58. The molecule has 0 aliphatic carbocycles. The van der Waals surface area contributed by atoms with E-state index >= 15 is 0 Å². The molecule has 0 amide bonds. The van der Waals surface area contributed by atoms with Gasteiger partial charge in [-0.1, -0.05) is 0 Å². The molecule has 0 aromatic carbocycles. The summed E-state index contributed by atoms with van der Waals surface area (Å²) in [5, 5.41) is 70.0. The van der Waals surface area contributed by atoms with E-state index in [0.717, 1.165) is 0 Å². The molecule has 2 heterocycles. The summed E-state index contributed by atoms with van der Waals surface area (Å²) in [6.45, 7) is -0.777. The molecule has 1 unspecified atom stereocenters. The van der Waals surface area contributed by atoms with Crippen molar-refractivity contribution >= 4 is 0 Å². The van der Waals surface area contributed by atoms with E-state index in [1.807, 2.05) is 0 Å². The Balaban J connectivity index is 2.07. The third kappa shape index (κ3) is 3.41. The van der Waals surface area contributed by atoms with Crippen molar-refractivity contribution in [1.82, 2.24) is 5.32 Å². The van der Waals surface area contributed by atoms with E-state index in [9.17, 15) is 25.5 Å². The van der Waals surface area contributed by atoms with Crippen LogP contribution in [0.5, 0.6) is 0 Å². The maximum Gasteiger partial charge on any atom is 0.187 e. The molecule has 2 fully saturated rings. The minimum absolute atomic E-state index is 0.174. The standard InChI is InChI=1S/C12H23NO9/c14-2-4-1-13-11(20)10(6(4)16)22-12-9(19)8(18)7(17)5(3-15)21-12/h4-20H,1-3H2/t4-,5-,6-,7-,8+,9-,10+,11?,12+/m1/s1. The third-order valence-corrected chi connectivity index (χ3v) is 4.09. The first-order valence-corrected chi connectivity index (χ1v) is 7.07. The second kappa shape index (κ2) is 7.45. The lowest BCUT2D eigenvalue weighted by atomic mass is 9.93. The van der Waals surface area contributed by atoms with Crippen LogP contribution in [0.2, 0.25) is 0 Å². The Labute approximate surface area is 126 Å². The Kier molecular flexibility index (Phi) is 6.07. The number of nitrogens with one attached hydrogen (secondary N) is 1. The van der Waals surface area contributed by atoms with Gasteiger partial charge in [0.2, 0.25) is 0 Å². The zero-order chi connectivity index (χ0) is 16.4. The predicted octanol–water partition coefficient (Wildman–Crippen LogP) is -4.94. The fraction of sp³-hybridized carbons (Fsp3) is 1.00. The molecule has 22 heavy (non-hydrogen) atoms. The van der Waals surface area contributed by atoms with Gasteiger partial charge in [-0.2, -0.15) is 0 Å². The Hall–Kier alpha value is -0.400. The average Bonchev–Trinajstić information content (AvgIpc) is 2.51. The summed E-state index contributed by atoms with van der Waals surface area (Å²) in [5.41, 5.74) is 0. The fourth-order valence-electron chi connectivity index (χ4n) is 2.63. The largest absolute Gasteiger partial charge is 0.396 e. The summed E-state index contributed by atoms with van der Waals surface area (Å²) >= 11 is 0. The second-order valence-electron chi connectivity index (χ2n) is 5.58. The monoisotopic (exact) mass is 325 g/mol. The number of aliphatic hydroxyl groups excluding tert-OH is 7. The van der Waals surface area contributed by atoms with E-state index in [4.69, 9.17) is 19.7 Å². The molecule has 8 N–H and O–H groups in total. The Morgan fingerprint density at radius 1 is 0.909 bits per heavy atom. The smallest absolute Gasteiger partial charge is 0.187 e. The van der Waals surface area contributed by atoms with Crippen LogP contribution in [0.15, 0.2) is 0 Å². The molecule has 10 heteroatoms. The summed E-state index contributed by atoms with van der Waals surface area (Å²) in [5.74, 6) is -0.585. The van der Waals surface area contributed by atoms with Crippen LogP contribution in [0, 0.1) is 5.92 Å². The van der Waals surface area contributed by atoms with E-state index in [1.165, 1.54) is 0 Å². The van der Waals surface area contributed by atoms with Gasteiger partial charge in [0.25, 0.3) is 0 Å². The highest BCUT2D eigenvalue weighted by Crippen LogP contribution is 2.26. The number of rotatable bonds is 4. The molecule has 130 valence electrons. The molecule has 9 atom stereocenters. The molecule has 2 saturated heterocycles. The maximum atomic E-state index is 10.1. The molecule has 2 aliphatic rings. The fourth-order valence-corrected chi connectivity index (χ4v) is 2.63. The van der Waals surface area contributed by atoms with Gasteiger partial charge in [0.05, 0.1) is 12.7 Å². The number of aliphatic hydroxyl groups is 7. The van der Waals surface area contributed by atoms with Crippen LogP contribution in [-0.4, -0.2) is 105 Å². The topological polar surface area (TPSA) is 172 Å². The molecule has 2 aliphatic heterocycles. The van der Waals surface area contributed by atoms with Crippen LogP contribution in [0.4, 0.5) is 0 Å². The van der Waals surface area contributed by atoms with Crippen molar-refractivity contribution in [3.05, 3.63) is 0 Å². The minimum Gasteiger partial charge on any atom is -0.396 e. The van der Waals surface area contributed by atoms with E-state index in [2.05, 4.69) is 5.32 Å². The lowest BCUT2D eigenvalue weighted by Gasteiger charge is -2.44. The van der Waals surface area contributed by atoms with Crippen molar-refractivity contribution in [2.75, 3.05) is 19.8 Å². The van der Waals surface area contributed by atoms with Gasteiger partial charge in [0.1, 0.15) is 36.7 Å². The maximum absolute atomic E-state index is 10.1. The third-order valence-electron chi connectivity index (χ3n) is 4.09. The van der Waals surface area contributed by atoms with Gasteiger partial charge < -0.3 is 45.2 Å². The number of hydrogen-bond acceptors (Lipinski definition) is 10. The van der Waals surface area contributed by atoms with E-state index in [0.29, 0.717) is 0 Å². The summed E-state index contributed by atoms with van der Waals surface area (Å²) in [7, 11) is 0. The molecule has 10 nitrogen and oxygen atoms in total. The lowest BCUT2D eigenvalue weighted by molar-refractivity contribution is -0.329. The van der Waals surface area contributed by atoms with Crippen molar-refractivity contribution in [2.45, 2.75) is 49.1 Å². The summed E-state index contributed by atoms with van der Waals surface area (Å²) < 4.78 is 10.5. The van der Waals surface area contributed by atoms with Gasteiger partial charge in [-0.15, -0.1) is 0 Å². The Bertz CT molecular complexity index is 357. The van der Waals surface area contributed by atoms with Crippen molar-refractivity contribution in [3.8, 4) is 0 Å². The van der Waals surface area contributed by atoms with E-state index < -0.39 is 61.7 Å². The van der Waals surface area contributed by atoms with Gasteiger partial charge in [-0.3, -0.25) is 5.32 Å². The highest BCUT2D eigenvalue weighted by molar-refractivity contribution is 4.92. The van der Waals surface area contributed by atoms with Crippen LogP contribution in [0.1, 0.15) is 0 Å². The van der Waals surface area contributed by atoms with Crippen LogP contribution < -0.4 is 5.32 Å². The molecule has 0 aromatic heterocycles. The van der Waals surface area contributed by atoms with Gasteiger partial charge in [-0.25, -0.2) is 0 Å². The molecule has 0 bridgehead atoms. The molecular weight excluding hydrogens is 302 g/mol. The SMILES string of the molecule is OC[C@H]1CNC(O)[C@@H](O[C@@H]2O[C@H](CO)[C@@H](O)[C@H](O)[C@H]2O)[C@@H]1O. The first-order valence-electron chi connectivity index (χ1n) is 7.07. The van der Waals surface area contributed by atoms with Gasteiger partial charge >= 0.3 is 0 Å². The molecule has 0 saturated carbocycles. The normalized spacial score (nSPS) is 50.0. The molecule has 0 radical (unpaired) electrons. The predicted molar refractivity (Wildman–Crippen MR) is 69.2 cm³/mol. The molecule has 0 spiro atoms.